The van der Waals surface area contributed by atoms with Crippen molar-refractivity contribution in [3.8, 4) is 11.3 Å². The van der Waals surface area contributed by atoms with Crippen molar-refractivity contribution in [2.24, 2.45) is 0 Å². The Morgan fingerprint density at radius 3 is 1.83 bits per heavy atom. The lowest BCUT2D eigenvalue weighted by Crippen LogP contribution is -2.25. The maximum absolute atomic E-state index is 12.8. The molecule has 0 amide bonds. The van der Waals surface area contributed by atoms with E-state index in [0.29, 0.717) is 23.2 Å². The number of hydrogen-bond acceptors (Lipinski definition) is 4. The summed E-state index contributed by atoms with van der Waals surface area (Å²) in [6, 6.07) is 16.4. The van der Waals surface area contributed by atoms with Crippen LogP contribution in [-0.2, 0) is 6.42 Å². The summed E-state index contributed by atoms with van der Waals surface area (Å²) in [4.78, 5) is 34.6. The van der Waals surface area contributed by atoms with Crippen molar-refractivity contribution < 1.29 is 9.59 Å². The van der Waals surface area contributed by atoms with Crippen molar-refractivity contribution in [1.82, 2.24) is 9.97 Å². The number of rotatable bonds is 2. The van der Waals surface area contributed by atoms with E-state index in [2.05, 4.69) is 9.97 Å². The molecule has 0 aliphatic heterocycles. The van der Waals surface area contributed by atoms with Crippen molar-refractivity contribution in [2.45, 2.75) is 13.3 Å². The van der Waals surface area contributed by atoms with E-state index >= 15 is 0 Å². The standard InChI is InChI=1S/C20H14N2O2/c1-2-15-16(12-8-4-3-5-9-12)22-18-17(21-15)19(23)13-10-6-7-11-14(13)20(18)24/h3-11H,2H2,1H3. The van der Waals surface area contributed by atoms with Gasteiger partial charge in [0.05, 0.1) is 11.4 Å². The van der Waals surface area contributed by atoms with Crippen LogP contribution in [0, 0.1) is 0 Å². The minimum atomic E-state index is -0.243. The zero-order valence-electron chi connectivity index (χ0n) is 13.1. The van der Waals surface area contributed by atoms with Crippen molar-refractivity contribution >= 4 is 11.6 Å². The first kappa shape index (κ1) is 14.5. The molecule has 0 atom stereocenters. The van der Waals surface area contributed by atoms with Gasteiger partial charge in [0.1, 0.15) is 11.4 Å². The van der Waals surface area contributed by atoms with Gasteiger partial charge in [-0.3, -0.25) is 9.59 Å². The second-order valence-electron chi connectivity index (χ2n) is 5.64. The van der Waals surface area contributed by atoms with E-state index in [0.717, 1.165) is 11.3 Å². The topological polar surface area (TPSA) is 59.9 Å². The third-order valence-corrected chi connectivity index (χ3v) is 4.20. The third kappa shape index (κ3) is 2.07. The number of nitrogens with zero attached hydrogens (tertiary/aromatic N) is 2. The van der Waals surface area contributed by atoms with Gasteiger partial charge in [-0.25, -0.2) is 9.97 Å². The Hall–Kier alpha value is -3.14. The van der Waals surface area contributed by atoms with Gasteiger partial charge >= 0.3 is 0 Å². The lowest BCUT2D eigenvalue weighted by Gasteiger charge is -2.18. The molecule has 0 saturated heterocycles. The number of carbonyl (C=O) groups excluding carboxylic acids is 2. The van der Waals surface area contributed by atoms with E-state index < -0.39 is 0 Å². The average molecular weight is 314 g/mol. The van der Waals surface area contributed by atoms with Crippen molar-refractivity contribution in [1.29, 1.82) is 0 Å². The Bertz CT molecular complexity index is 978. The molecule has 0 saturated carbocycles. The van der Waals surface area contributed by atoms with E-state index in [4.69, 9.17) is 0 Å². The Morgan fingerprint density at radius 2 is 1.25 bits per heavy atom. The van der Waals surface area contributed by atoms with Gasteiger partial charge in [-0.05, 0) is 6.42 Å². The minimum absolute atomic E-state index is 0.148. The van der Waals surface area contributed by atoms with Crippen LogP contribution in [0.5, 0.6) is 0 Å². The van der Waals surface area contributed by atoms with E-state index in [-0.39, 0.29) is 23.0 Å². The third-order valence-electron chi connectivity index (χ3n) is 4.20. The molecule has 0 bridgehead atoms. The van der Waals surface area contributed by atoms with E-state index in [1.54, 1.807) is 24.3 Å². The molecule has 116 valence electrons. The quantitative estimate of drug-likeness (QED) is 0.568. The zero-order valence-corrected chi connectivity index (χ0v) is 13.1. The molecule has 1 aliphatic rings. The summed E-state index contributed by atoms with van der Waals surface area (Å²) in [6.07, 6.45) is 0.633. The van der Waals surface area contributed by atoms with Crippen LogP contribution in [0.1, 0.15) is 44.7 Å². The normalized spacial score (nSPS) is 12.7. The van der Waals surface area contributed by atoms with Crippen molar-refractivity contribution in [3.05, 3.63) is 82.8 Å². The number of aromatic nitrogens is 2. The molecule has 1 heterocycles. The number of ketones is 2. The van der Waals surface area contributed by atoms with Crippen LogP contribution in [0.2, 0.25) is 0 Å². The van der Waals surface area contributed by atoms with Gasteiger partial charge in [0, 0.05) is 16.7 Å². The maximum atomic E-state index is 12.8. The van der Waals surface area contributed by atoms with Crippen LogP contribution in [0.3, 0.4) is 0 Å². The van der Waals surface area contributed by atoms with Crippen LogP contribution < -0.4 is 0 Å². The van der Waals surface area contributed by atoms with Crippen LogP contribution in [-0.4, -0.2) is 21.5 Å². The summed E-state index contributed by atoms with van der Waals surface area (Å²) >= 11 is 0. The highest BCUT2D eigenvalue weighted by atomic mass is 16.1. The highest BCUT2D eigenvalue weighted by molar-refractivity contribution is 6.27. The predicted molar refractivity (Wildman–Crippen MR) is 90.2 cm³/mol. The first-order valence-electron chi connectivity index (χ1n) is 7.85. The molecule has 4 nitrogen and oxygen atoms in total. The summed E-state index contributed by atoms with van der Waals surface area (Å²) in [5.74, 6) is -0.477. The summed E-state index contributed by atoms with van der Waals surface area (Å²) < 4.78 is 0. The van der Waals surface area contributed by atoms with Gasteiger partial charge in [0.15, 0.2) is 0 Å². The maximum Gasteiger partial charge on any atom is 0.214 e. The van der Waals surface area contributed by atoms with Crippen LogP contribution in [0.15, 0.2) is 54.6 Å². The Kier molecular flexibility index (Phi) is 3.31. The smallest absolute Gasteiger partial charge is 0.214 e. The molecule has 4 rings (SSSR count). The summed E-state index contributed by atoms with van der Waals surface area (Å²) in [5.41, 5.74) is 3.39. The summed E-state index contributed by atoms with van der Waals surface area (Å²) in [7, 11) is 0. The molecule has 1 aliphatic carbocycles. The highest BCUT2D eigenvalue weighted by Crippen LogP contribution is 2.29. The van der Waals surface area contributed by atoms with E-state index in [9.17, 15) is 9.59 Å². The molecule has 1 aromatic heterocycles. The van der Waals surface area contributed by atoms with Crippen molar-refractivity contribution in [2.75, 3.05) is 0 Å². The van der Waals surface area contributed by atoms with Gasteiger partial charge in [0.2, 0.25) is 11.6 Å². The fraction of sp³-hybridized carbons (Fsp3) is 0.100. The Morgan fingerprint density at radius 1 is 0.708 bits per heavy atom. The lowest BCUT2D eigenvalue weighted by atomic mass is 9.89. The Labute approximate surface area is 139 Å². The highest BCUT2D eigenvalue weighted by Gasteiger charge is 2.33. The van der Waals surface area contributed by atoms with Gasteiger partial charge in [-0.2, -0.15) is 0 Å². The number of hydrogen-bond donors (Lipinski definition) is 0. The summed E-state index contributed by atoms with van der Waals surface area (Å²) in [6.45, 7) is 1.96. The van der Waals surface area contributed by atoms with Gasteiger partial charge < -0.3 is 0 Å². The first-order chi connectivity index (χ1) is 11.7. The number of aryl methyl sites for hydroxylation is 1. The van der Waals surface area contributed by atoms with E-state index in [1.807, 2.05) is 37.3 Å². The lowest BCUT2D eigenvalue weighted by molar-refractivity contribution is 0.0971. The number of carbonyl (C=O) groups is 2. The molecular formula is C20H14N2O2. The van der Waals surface area contributed by atoms with Crippen LogP contribution in [0.25, 0.3) is 11.3 Å². The molecule has 0 fully saturated rings. The molecular weight excluding hydrogens is 300 g/mol. The predicted octanol–water partition coefficient (Wildman–Crippen LogP) is 3.48. The SMILES string of the molecule is CCc1nc2c(nc1-c1ccccc1)C(=O)c1ccccc1C2=O. The number of fused-ring (bicyclic) bond motifs is 2. The molecule has 2 aromatic carbocycles. The molecule has 0 radical (unpaired) electrons. The molecule has 0 unspecified atom stereocenters. The molecule has 3 aromatic rings. The second-order valence-corrected chi connectivity index (χ2v) is 5.64. The fourth-order valence-corrected chi connectivity index (χ4v) is 2.99. The van der Waals surface area contributed by atoms with Gasteiger partial charge in [0.25, 0.3) is 0 Å². The first-order valence-corrected chi connectivity index (χ1v) is 7.85. The molecule has 0 spiro atoms. The van der Waals surface area contributed by atoms with Gasteiger partial charge in [-0.1, -0.05) is 61.5 Å². The Balaban J connectivity index is 1.98. The van der Waals surface area contributed by atoms with E-state index in [1.165, 1.54) is 0 Å². The molecule has 24 heavy (non-hydrogen) atoms. The molecule has 4 heteroatoms. The van der Waals surface area contributed by atoms with Crippen LogP contribution >= 0.6 is 0 Å². The number of benzene rings is 2. The largest absolute Gasteiger partial charge is 0.287 e. The average Bonchev–Trinajstić information content (AvgIpc) is 2.65. The van der Waals surface area contributed by atoms with Gasteiger partial charge in [-0.15, -0.1) is 0 Å². The van der Waals surface area contributed by atoms with Crippen LogP contribution in [0.4, 0.5) is 0 Å². The zero-order chi connectivity index (χ0) is 16.7. The monoisotopic (exact) mass is 314 g/mol. The second kappa shape index (κ2) is 5.49. The fourth-order valence-electron chi connectivity index (χ4n) is 2.99. The van der Waals surface area contributed by atoms with Crippen molar-refractivity contribution in [3.63, 3.8) is 0 Å². The summed E-state index contributed by atoms with van der Waals surface area (Å²) in [5, 5.41) is 0. The minimum Gasteiger partial charge on any atom is -0.287 e. The molecule has 0 N–H and O–H groups in total.